The fraction of sp³-hybridized carbons (Fsp3) is 0.714. The third-order valence-corrected chi connectivity index (χ3v) is 2.24. The van der Waals surface area contributed by atoms with Crippen molar-refractivity contribution in [2.45, 2.75) is 18.6 Å². The molecule has 0 aromatic carbocycles. The molecule has 0 aliphatic rings. The van der Waals surface area contributed by atoms with Crippen LogP contribution in [-0.2, 0) is 4.84 Å². The summed E-state index contributed by atoms with van der Waals surface area (Å²) in [6.07, 6.45) is 3.15. The fourth-order valence-corrected chi connectivity index (χ4v) is 1.22. The third kappa shape index (κ3) is 6.03. The smallest absolute Gasteiger partial charge is 0.106 e. The number of oxime groups is 2. The molecule has 0 spiro atoms. The molecule has 5 heteroatoms. The zero-order valence-corrected chi connectivity index (χ0v) is 8.34. The molecule has 0 heterocycles. The van der Waals surface area contributed by atoms with Crippen molar-refractivity contribution >= 4 is 24.2 Å². The molecular formula is C7H14N2O2S. The lowest BCUT2D eigenvalue weighted by Gasteiger charge is -2.15. The summed E-state index contributed by atoms with van der Waals surface area (Å²) in [4.78, 5) is 4.49. The van der Waals surface area contributed by atoms with Crippen molar-refractivity contribution in [2.24, 2.45) is 10.3 Å². The minimum absolute atomic E-state index is 0.172. The summed E-state index contributed by atoms with van der Waals surface area (Å²) in [6, 6.07) is 0. The summed E-state index contributed by atoms with van der Waals surface area (Å²) in [6.45, 7) is 3.91. The van der Waals surface area contributed by atoms with Crippen LogP contribution in [0.2, 0.25) is 0 Å². The number of rotatable bonds is 5. The van der Waals surface area contributed by atoms with Gasteiger partial charge in [-0.1, -0.05) is 5.16 Å². The van der Waals surface area contributed by atoms with Gasteiger partial charge in [0.2, 0.25) is 0 Å². The molecule has 4 nitrogen and oxygen atoms in total. The molecule has 0 fully saturated rings. The lowest BCUT2D eigenvalue weighted by Crippen LogP contribution is -2.17. The van der Waals surface area contributed by atoms with Crippen molar-refractivity contribution in [3.8, 4) is 0 Å². The molecule has 1 N–H and O–H groups in total. The van der Waals surface area contributed by atoms with Gasteiger partial charge in [-0.05, 0) is 13.8 Å². The first kappa shape index (κ1) is 11.3. The van der Waals surface area contributed by atoms with Gasteiger partial charge in [0.1, 0.15) is 7.11 Å². The van der Waals surface area contributed by atoms with E-state index in [0.29, 0.717) is 0 Å². The summed E-state index contributed by atoms with van der Waals surface area (Å²) in [5, 5.41) is 14.9. The lowest BCUT2D eigenvalue weighted by atomic mass is 10.2. The van der Waals surface area contributed by atoms with Crippen LogP contribution in [0.4, 0.5) is 0 Å². The van der Waals surface area contributed by atoms with Crippen LogP contribution in [0.3, 0.4) is 0 Å². The quantitative estimate of drug-likeness (QED) is 0.407. The highest BCUT2D eigenvalue weighted by Gasteiger charge is 2.14. The first-order chi connectivity index (χ1) is 5.62. The number of hydrogen-bond acceptors (Lipinski definition) is 5. The Morgan fingerprint density at radius 2 is 2.25 bits per heavy atom. The first-order valence-corrected chi connectivity index (χ1v) is 4.48. The van der Waals surface area contributed by atoms with Crippen molar-refractivity contribution in [3.63, 3.8) is 0 Å². The van der Waals surface area contributed by atoms with E-state index in [0.717, 1.165) is 5.75 Å². The molecule has 0 aliphatic carbocycles. The van der Waals surface area contributed by atoms with Gasteiger partial charge in [0.05, 0.1) is 12.4 Å². The number of hydrogen-bond donors (Lipinski definition) is 1. The first-order valence-electron chi connectivity index (χ1n) is 3.50. The Kier molecular flexibility index (Phi) is 5.53. The highest BCUT2D eigenvalue weighted by atomic mass is 32.2. The maximum Gasteiger partial charge on any atom is 0.106 e. The number of nitrogens with zero attached hydrogens (tertiary/aromatic N) is 2. The Bertz CT molecular complexity index is 169. The van der Waals surface area contributed by atoms with Gasteiger partial charge in [-0.25, -0.2) is 0 Å². The Labute approximate surface area is 76.7 Å². The standard InChI is InChI=1S/C7H14N2O2S/c1-7(2,6-8-10)12-5-4-9-11-3/h4,6,10H,5H2,1-3H3. The molecular weight excluding hydrogens is 176 g/mol. The van der Waals surface area contributed by atoms with Gasteiger partial charge >= 0.3 is 0 Å². The Balaban J connectivity index is 3.68. The molecule has 0 radical (unpaired) electrons. The van der Waals surface area contributed by atoms with E-state index in [1.165, 1.54) is 13.3 Å². The molecule has 0 aliphatic heterocycles. The van der Waals surface area contributed by atoms with Gasteiger partial charge in [0, 0.05) is 10.5 Å². The SMILES string of the molecule is CON=CCSC(C)(C)C=NO. The van der Waals surface area contributed by atoms with Gasteiger partial charge in [-0.2, -0.15) is 0 Å². The van der Waals surface area contributed by atoms with Crippen LogP contribution in [0.25, 0.3) is 0 Å². The topological polar surface area (TPSA) is 54.2 Å². The summed E-state index contributed by atoms with van der Waals surface area (Å²) in [5.74, 6) is 0.729. The van der Waals surface area contributed by atoms with E-state index >= 15 is 0 Å². The van der Waals surface area contributed by atoms with Crippen molar-refractivity contribution in [3.05, 3.63) is 0 Å². The molecule has 12 heavy (non-hydrogen) atoms. The van der Waals surface area contributed by atoms with Gasteiger partial charge in [-0.15, -0.1) is 16.9 Å². The summed E-state index contributed by atoms with van der Waals surface area (Å²) >= 11 is 1.60. The normalized spacial score (nSPS) is 12.9. The zero-order chi connectivity index (χ0) is 9.45. The minimum Gasteiger partial charge on any atom is -0.411 e. The Morgan fingerprint density at radius 3 is 2.75 bits per heavy atom. The molecule has 0 saturated heterocycles. The molecule has 0 unspecified atom stereocenters. The van der Waals surface area contributed by atoms with Crippen molar-refractivity contribution in [1.29, 1.82) is 0 Å². The summed E-state index contributed by atoms with van der Waals surface area (Å²) in [5.41, 5.74) is 0. The maximum absolute atomic E-state index is 8.30. The Hall–Kier alpha value is -0.710. The van der Waals surface area contributed by atoms with Gasteiger partial charge in [0.15, 0.2) is 0 Å². The third-order valence-electron chi connectivity index (χ3n) is 1.08. The summed E-state index contributed by atoms with van der Waals surface area (Å²) in [7, 11) is 1.50. The average molecular weight is 190 g/mol. The van der Waals surface area contributed by atoms with E-state index in [-0.39, 0.29) is 4.75 Å². The lowest BCUT2D eigenvalue weighted by molar-refractivity contribution is 0.215. The summed E-state index contributed by atoms with van der Waals surface area (Å²) < 4.78 is -0.172. The highest BCUT2D eigenvalue weighted by Crippen LogP contribution is 2.20. The molecule has 0 rings (SSSR count). The minimum atomic E-state index is -0.172. The van der Waals surface area contributed by atoms with Crippen molar-refractivity contribution < 1.29 is 10.0 Å². The van der Waals surface area contributed by atoms with Crippen molar-refractivity contribution in [1.82, 2.24) is 0 Å². The van der Waals surface area contributed by atoms with Crippen LogP contribution in [-0.4, -0.2) is 35.2 Å². The molecule has 70 valence electrons. The predicted octanol–water partition coefficient (Wildman–Crippen LogP) is 1.59. The maximum atomic E-state index is 8.30. The predicted molar refractivity (Wildman–Crippen MR) is 52.3 cm³/mol. The molecule has 0 amide bonds. The second-order valence-corrected chi connectivity index (χ2v) is 4.30. The highest BCUT2D eigenvalue weighted by molar-refractivity contribution is 8.01. The second-order valence-electron chi connectivity index (χ2n) is 2.63. The van der Waals surface area contributed by atoms with Crippen LogP contribution < -0.4 is 0 Å². The van der Waals surface area contributed by atoms with Gasteiger partial charge < -0.3 is 10.0 Å². The van der Waals surface area contributed by atoms with Crippen LogP contribution in [0.1, 0.15) is 13.8 Å². The van der Waals surface area contributed by atoms with E-state index in [1.807, 2.05) is 13.8 Å². The molecule has 0 atom stereocenters. The van der Waals surface area contributed by atoms with E-state index in [2.05, 4.69) is 15.1 Å². The second kappa shape index (κ2) is 5.88. The van der Waals surface area contributed by atoms with Gasteiger partial charge in [0.25, 0.3) is 0 Å². The van der Waals surface area contributed by atoms with Gasteiger partial charge in [-0.3, -0.25) is 0 Å². The molecule has 0 bridgehead atoms. The van der Waals surface area contributed by atoms with E-state index in [9.17, 15) is 0 Å². The average Bonchev–Trinajstić information content (AvgIpc) is 1.98. The molecule has 0 aromatic heterocycles. The van der Waals surface area contributed by atoms with Crippen LogP contribution >= 0.6 is 11.8 Å². The largest absolute Gasteiger partial charge is 0.411 e. The Morgan fingerprint density at radius 1 is 1.58 bits per heavy atom. The fourth-order valence-electron chi connectivity index (χ4n) is 0.533. The monoisotopic (exact) mass is 190 g/mol. The number of thioether (sulfide) groups is 1. The van der Waals surface area contributed by atoms with E-state index in [1.54, 1.807) is 18.0 Å². The van der Waals surface area contributed by atoms with Crippen LogP contribution in [0.15, 0.2) is 10.3 Å². The molecule has 0 aromatic rings. The van der Waals surface area contributed by atoms with E-state index in [4.69, 9.17) is 5.21 Å². The molecule has 0 saturated carbocycles. The van der Waals surface area contributed by atoms with E-state index < -0.39 is 0 Å². The van der Waals surface area contributed by atoms with Crippen LogP contribution in [0, 0.1) is 0 Å². The van der Waals surface area contributed by atoms with Crippen LogP contribution in [0.5, 0.6) is 0 Å². The zero-order valence-electron chi connectivity index (χ0n) is 7.52. The van der Waals surface area contributed by atoms with Crippen molar-refractivity contribution in [2.75, 3.05) is 12.9 Å².